The lowest BCUT2D eigenvalue weighted by molar-refractivity contribution is -0.115. The first-order valence-corrected chi connectivity index (χ1v) is 22.9. The average molecular weight is 951 g/mol. The molecule has 2 aliphatic rings. The highest BCUT2D eigenvalue weighted by Gasteiger charge is 2.43. The Morgan fingerprint density at radius 2 is 1.15 bits per heavy atom. The largest absolute Gasteiger partial charge is 0.493 e. The molecular weight excluding hydrogens is 889 g/mol. The van der Waals surface area contributed by atoms with Gasteiger partial charge in [-0.3, -0.25) is 24.1 Å². The number of anilines is 2. The number of nitrogens with one attached hydrogen (secondary N) is 2. The first-order chi connectivity index (χ1) is 35.6. The molecule has 2 heterocycles. The normalized spacial score (nSPS) is 16.3. The van der Waals surface area contributed by atoms with E-state index in [1.54, 1.807) is 13.8 Å². The third kappa shape index (κ3) is 13.1. The van der Waals surface area contributed by atoms with Crippen LogP contribution in [0.5, 0.6) is 23.0 Å². The van der Waals surface area contributed by atoms with Crippen molar-refractivity contribution in [2.45, 2.75) is 39.8 Å². The lowest BCUT2D eigenvalue weighted by Crippen LogP contribution is -2.37. The number of methoxy groups -OCH3 is 2. The Kier molecular flexibility index (Phi) is 11.8. The molecule has 2 aliphatic heterocycles. The topological polar surface area (TPSA) is 270 Å². The van der Waals surface area contributed by atoms with Gasteiger partial charge in [-0.1, -0.05) is 24.2 Å². The van der Waals surface area contributed by atoms with Gasteiger partial charge in [0.2, 0.25) is 11.8 Å². The van der Waals surface area contributed by atoms with Crippen molar-refractivity contribution >= 4 is 66.6 Å². The van der Waals surface area contributed by atoms with Crippen molar-refractivity contribution in [1.29, 1.82) is 0 Å². The number of rotatable bonds is 15. The number of nitrogens with zero attached hydrogens (tertiary/aromatic N) is 1. The maximum absolute atomic E-state index is 13.7. The monoisotopic (exact) mass is 950 g/mol. The van der Waals surface area contributed by atoms with Crippen LogP contribution in [0.4, 0.5) is 11.4 Å². The van der Waals surface area contributed by atoms with Gasteiger partial charge in [0.25, 0.3) is 11.8 Å². The highest BCUT2D eigenvalue weighted by atomic mass is 32.2. The number of nitrogens with two attached hydrogens (primary N) is 1. The summed E-state index contributed by atoms with van der Waals surface area (Å²) in [5.74, 6) is -7.76. The summed E-state index contributed by atoms with van der Waals surface area (Å²) < 4.78 is 169. The highest BCUT2D eigenvalue weighted by Crippen LogP contribution is 2.39. The molecule has 4 N–H and O–H groups in total. The molecule has 0 aromatic heterocycles. The number of carbonyl (C=O) groups is 6. The van der Waals surface area contributed by atoms with Gasteiger partial charge in [-0.2, -0.15) is 0 Å². The lowest BCUT2D eigenvalue weighted by Gasteiger charge is -2.27. The fourth-order valence-electron chi connectivity index (χ4n) is 5.78. The minimum Gasteiger partial charge on any atom is -0.493 e. The molecular formula is C44H50N4O15S2. The van der Waals surface area contributed by atoms with E-state index >= 15 is 0 Å². The summed E-state index contributed by atoms with van der Waals surface area (Å²) in [5.41, 5.74) is 2.57. The molecule has 65 heavy (non-hydrogen) atoms. The van der Waals surface area contributed by atoms with Crippen LogP contribution in [-0.4, -0.2) is 109 Å². The van der Waals surface area contributed by atoms with E-state index in [2.05, 4.69) is 15.4 Å². The second-order valence-corrected chi connectivity index (χ2v) is 17.9. The molecule has 19 nitrogen and oxygen atoms in total. The van der Waals surface area contributed by atoms with Gasteiger partial charge in [-0.25, -0.2) is 26.4 Å². The fraction of sp³-hybridized carbons (Fsp3) is 0.318. The summed E-state index contributed by atoms with van der Waals surface area (Å²) in [6, 6.07) is -9.46. The van der Waals surface area contributed by atoms with Crippen LogP contribution in [0, 0.1) is 0 Å². The molecule has 6 rings (SSSR count). The van der Waals surface area contributed by atoms with Crippen LogP contribution >= 0.6 is 0 Å². The van der Waals surface area contributed by atoms with E-state index in [1.165, 1.54) is 14.2 Å². The van der Waals surface area contributed by atoms with Gasteiger partial charge in [-0.15, -0.1) is 0 Å². The number of benzene rings is 4. The number of hydrogen-bond donors (Lipinski definition) is 3. The number of cyclic esters (lactones) is 2. The molecule has 4 aromatic rings. The summed E-state index contributed by atoms with van der Waals surface area (Å²) >= 11 is 0. The molecule has 0 radical (unpaired) electrons. The summed E-state index contributed by atoms with van der Waals surface area (Å²) in [6.07, 6.45) is 1.83. The minimum atomic E-state index is -4.02. The van der Waals surface area contributed by atoms with E-state index in [0.29, 0.717) is 4.90 Å². The van der Waals surface area contributed by atoms with E-state index in [0.717, 1.165) is 26.4 Å². The van der Waals surface area contributed by atoms with Crippen molar-refractivity contribution in [3.63, 3.8) is 0 Å². The maximum Gasteiger partial charge on any atom is 0.349 e. The molecule has 0 unspecified atom stereocenters. The number of esters is 2. The van der Waals surface area contributed by atoms with Gasteiger partial charge >= 0.3 is 11.9 Å². The number of carbonyl (C=O) groups excluding carboxylic acids is 6. The standard InChI is InChI=1S/C22H24N2O7S.C12H19NO4S.C10H7NO4/c1-5-31-19-11-14(9-10-18(19)30-3)17(12-32(4,28)29)24-21(26)15-7-6-8-16(23-13(2)25)20(15)22(24)27;1-4-17-12-7-9(5-6-11(12)16-2)10(13)8-18(3,14)15;1-5(12)11-7-4-2-3-6-8(7)10(14)15-9(6)13/h6-11,17H,5,12H2,1-4H3,(H,23,25);5-7,10H,4,8,13H2,1-3H3;2-4H,1H3,(H,11,12)/t17-;10-;/m11./s1/i6D,7D,8D,9D,10D,11D;5D,6D,7D;2D,3D,4D. The number of fused-ring (bicyclic) bond motifs is 2. The Hall–Kier alpha value is -6.84. The molecule has 348 valence electrons. The maximum atomic E-state index is 13.7. The van der Waals surface area contributed by atoms with E-state index in [1.807, 2.05) is 0 Å². The number of imide groups is 1. The summed E-state index contributed by atoms with van der Waals surface area (Å²) in [4.78, 5) is 73.3. The van der Waals surface area contributed by atoms with E-state index in [-0.39, 0.29) is 76.7 Å². The van der Waals surface area contributed by atoms with Crippen LogP contribution in [-0.2, 0) is 34.0 Å². The predicted octanol–water partition coefficient (Wildman–Crippen LogP) is 4.53. The molecule has 0 saturated carbocycles. The molecule has 4 amide bonds. The van der Waals surface area contributed by atoms with E-state index in [9.17, 15) is 45.6 Å². The molecule has 0 aliphatic carbocycles. The quantitative estimate of drug-likeness (QED) is 0.0839. The zero-order valence-electron chi connectivity index (χ0n) is 47.9. The zero-order chi connectivity index (χ0) is 58.8. The van der Waals surface area contributed by atoms with Crippen molar-refractivity contribution in [2.24, 2.45) is 5.73 Å². The predicted molar refractivity (Wildman–Crippen MR) is 239 cm³/mol. The Morgan fingerprint density at radius 1 is 0.677 bits per heavy atom. The van der Waals surface area contributed by atoms with Crippen LogP contribution in [0.1, 0.15) is 109 Å². The van der Waals surface area contributed by atoms with Crippen LogP contribution in [0.15, 0.2) is 72.5 Å². The SMILES string of the molecule is [2H]c1c([2H])c(NC(C)=O)c2c(c1[2H])C(=O)N([C@H](CS(C)(=O)=O)c1c([2H])c([2H])c(OC)c(OCC)c1[2H])C2=O.[2H]c1c([2H])c(NC(C)=O)c2c(c1[2H])C(=O)OC2=O.[2H]c1c([2H])c([C@H](N)CS(C)(=O)=O)c([2H])c(OCC)c1OC. The first kappa shape index (κ1) is 35.5. The molecule has 0 bridgehead atoms. The first-order valence-electron chi connectivity index (χ1n) is 24.8. The third-order valence-electron chi connectivity index (χ3n) is 8.29. The number of hydrogen-bond acceptors (Lipinski definition) is 16. The summed E-state index contributed by atoms with van der Waals surface area (Å²) in [6.45, 7) is 5.74. The minimum absolute atomic E-state index is 0.0000454. The Labute approximate surface area is 393 Å². The smallest absolute Gasteiger partial charge is 0.349 e. The van der Waals surface area contributed by atoms with Crippen molar-refractivity contribution in [3.8, 4) is 23.0 Å². The number of sulfone groups is 2. The van der Waals surface area contributed by atoms with Crippen LogP contribution < -0.4 is 35.3 Å². The molecule has 2 atom stereocenters. The Bertz CT molecular complexity index is 3400. The molecule has 21 heteroatoms. The second-order valence-electron chi connectivity index (χ2n) is 13.5. The number of amides is 4. The molecule has 0 saturated heterocycles. The third-order valence-corrected chi connectivity index (χ3v) is 10.2. The molecule has 4 aromatic carbocycles. The lowest BCUT2D eigenvalue weighted by atomic mass is 10.1. The average Bonchev–Trinajstić information content (AvgIpc) is 3.76. The summed E-state index contributed by atoms with van der Waals surface area (Å²) in [5, 5.41) is 4.43. The summed E-state index contributed by atoms with van der Waals surface area (Å²) in [7, 11) is -4.91. The van der Waals surface area contributed by atoms with Crippen LogP contribution in [0.3, 0.4) is 0 Å². The van der Waals surface area contributed by atoms with Crippen molar-refractivity contribution in [2.75, 3.05) is 62.1 Å². The van der Waals surface area contributed by atoms with Gasteiger partial charge in [0.05, 0.1) is 95.1 Å². The highest BCUT2D eigenvalue weighted by molar-refractivity contribution is 7.90. The second kappa shape index (κ2) is 21.7. The van der Waals surface area contributed by atoms with Crippen molar-refractivity contribution < 1.29 is 85.7 Å². The zero-order valence-corrected chi connectivity index (χ0v) is 37.6. The van der Waals surface area contributed by atoms with E-state index < -0.39 is 156 Å². The van der Waals surface area contributed by atoms with E-state index in [4.69, 9.17) is 41.1 Å². The fourth-order valence-corrected chi connectivity index (χ4v) is 7.49. The van der Waals surface area contributed by atoms with Crippen LogP contribution in [0.2, 0.25) is 0 Å². The van der Waals surface area contributed by atoms with Crippen molar-refractivity contribution in [1.82, 2.24) is 4.90 Å². The van der Waals surface area contributed by atoms with Gasteiger partial charge < -0.3 is 40.1 Å². The molecule has 0 spiro atoms. The molecule has 0 fully saturated rings. The number of ether oxygens (including phenoxy) is 5. The Morgan fingerprint density at radius 3 is 1.63 bits per heavy atom. The van der Waals surface area contributed by atoms with Gasteiger partial charge in [0.1, 0.15) is 19.7 Å². The van der Waals surface area contributed by atoms with Gasteiger partial charge in [0, 0.05) is 32.4 Å². The van der Waals surface area contributed by atoms with Crippen LogP contribution in [0.25, 0.3) is 0 Å². The Balaban J connectivity index is 0.000000276. The van der Waals surface area contributed by atoms with Gasteiger partial charge in [-0.05, 0) is 73.3 Å². The van der Waals surface area contributed by atoms with Crippen molar-refractivity contribution in [3.05, 3.63) is 106 Å². The van der Waals surface area contributed by atoms with Gasteiger partial charge in [0.15, 0.2) is 23.0 Å².